The lowest BCUT2D eigenvalue weighted by molar-refractivity contribution is 0.589. The number of fused-ring (bicyclic) bond motifs is 1. The Morgan fingerprint density at radius 2 is 2.00 bits per heavy atom. The molecule has 0 fully saturated rings. The van der Waals surface area contributed by atoms with Crippen molar-refractivity contribution < 1.29 is 8.42 Å². The SMILES string of the molecule is NS(=O)(=O)c1ncc2ncccc2n1. The van der Waals surface area contributed by atoms with E-state index in [0.717, 1.165) is 0 Å². The third-order valence-corrected chi connectivity index (χ3v) is 2.29. The smallest absolute Gasteiger partial charge is 0.253 e. The molecule has 0 aliphatic heterocycles. The number of nitrogens with zero attached hydrogens (tertiary/aromatic N) is 3. The van der Waals surface area contributed by atoms with E-state index in [0.29, 0.717) is 11.0 Å². The summed E-state index contributed by atoms with van der Waals surface area (Å²) in [6.07, 6.45) is 2.89. The third-order valence-electron chi connectivity index (χ3n) is 1.58. The van der Waals surface area contributed by atoms with Gasteiger partial charge in [-0.3, -0.25) is 4.98 Å². The summed E-state index contributed by atoms with van der Waals surface area (Å²) < 4.78 is 21.8. The standard InChI is InChI=1S/C7H6N4O2S/c8-14(12,13)7-10-4-6-5(11-7)2-1-3-9-6/h1-4H,(H2,8,12,13). The van der Waals surface area contributed by atoms with Gasteiger partial charge in [0.15, 0.2) is 0 Å². The number of hydrogen-bond acceptors (Lipinski definition) is 5. The predicted molar refractivity (Wildman–Crippen MR) is 48.7 cm³/mol. The van der Waals surface area contributed by atoms with Crippen LogP contribution >= 0.6 is 0 Å². The van der Waals surface area contributed by atoms with Crippen LogP contribution in [-0.2, 0) is 10.0 Å². The maximum absolute atomic E-state index is 10.9. The molecule has 2 rings (SSSR count). The Hall–Kier alpha value is -1.60. The van der Waals surface area contributed by atoms with Gasteiger partial charge in [-0.1, -0.05) is 0 Å². The Morgan fingerprint density at radius 1 is 1.21 bits per heavy atom. The van der Waals surface area contributed by atoms with Gasteiger partial charge in [-0.15, -0.1) is 0 Å². The van der Waals surface area contributed by atoms with Gasteiger partial charge in [-0.05, 0) is 12.1 Å². The molecule has 0 aliphatic rings. The van der Waals surface area contributed by atoms with Gasteiger partial charge in [0.2, 0.25) is 0 Å². The molecule has 14 heavy (non-hydrogen) atoms. The summed E-state index contributed by atoms with van der Waals surface area (Å²) in [5, 5.41) is 4.48. The van der Waals surface area contributed by atoms with Gasteiger partial charge in [-0.2, -0.15) is 0 Å². The van der Waals surface area contributed by atoms with Crippen LogP contribution in [-0.4, -0.2) is 23.4 Å². The van der Waals surface area contributed by atoms with E-state index in [1.165, 1.54) is 6.20 Å². The van der Waals surface area contributed by atoms with E-state index >= 15 is 0 Å². The van der Waals surface area contributed by atoms with Gasteiger partial charge < -0.3 is 0 Å². The monoisotopic (exact) mass is 210 g/mol. The van der Waals surface area contributed by atoms with E-state index in [-0.39, 0.29) is 0 Å². The van der Waals surface area contributed by atoms with E-state index in [1.807, 2.05) is 0 Å². The minimum atomic E-state index is -3.84. The van der Waals surface area contributed by atoms with Crippen molar-refractivity contribution in [3.05, 3.63) is 24.5 Å². The maximum Gasteiger partial charge on any atom is 0.273 e. The molecule has 0 aliphatic carbocycles. The first-order valence-corrected chi connectivity index (χ1v) is 5.22. The maximum atomic E-state index is 10.9. The average Bonchev–Trinajstić information content (AvgIpc) is 2.16. The summed E-state index contributed by atoms with van der Waals surface area (Å²) in [6.45, 7) is 0. The van der Waals surface area contributed by atoms with Crippen LogP contribution in [0.1, 0.15) is 0 Å². The van der Waals surface area contributed by atoms with Crippen LogP contribution in [0.5, 0.6) is 0 Å². The Labute approximate surface area is 79.9 Å². The lowest BCUT2D eigenvalue weighted by atomic mass is 10.4. The number of hydrogen-bond donors (Lipinski definition) is 1. The van der Waals surface area contributed by atoms with Gasteiger partial charge in [-0.25, -0.2) is 23.5 Å². The first kappa shape index (κ1) is 8.97. The van der Waals surface area contributed by atoms with Crippen LogP contribution in [0.25, 0.3) is 11.0 Å². The highest BCUT2D eigenvalue weighted by Gasteiger charge is 2.11. The summed E-state index contributed by atoms with van der Waals surface area (Å²) in [6, 6.07) is 3.29. The van der Waals surface area contributed by atoms with Crippen LogP contribution in [0.4, 0.5) is 0 Å². The summed E-state index contributed by atoms with van der Waals surface area (Å²) in [4.78, 5) is 11.3. The minimum Gasteiger partial charge on any atom is -0.253 e. The van der Waals surface area contributed by atoms with Crippen LogP contribution < -0.4 is 5.14 Å². The molecule has 0 spiro atoms. The quantitative estimate of drug-likeness (QED) is 0.650. The van der Waals surface area contributed by atoms with Crippen LogP contribution in [0.15, 0.2) is 29.7 Å². The normalized spacial score (nSPS) is 11.8. The summed E-state index contributed by atoms with van der Waals surface area (Å²) in [5.74, 6) is 0. The number of sulfonamides is 1. The second-order valence-corrected chi connectivity index (χ2v) is 4.06. The van der Waals surface area contributed by atoms with Crippen LogP contribution in [0, 0.1) is 0 Å². The molecule has 0 saturated carbocycles. The van der Waals surface area contributed by atoms with Crippen molar-refractivity contribution in [1.29, 1.82) is 0 Å². The highest BCUT2D eigenvalue weighted by atomic mass is 32.2. The van der Waals surface area contributed by atoms with Crippen molar-refractivity contribution in [2.45, 2.75) is 5.16 Å². The fraction of sp³-hybridized carbons (Fsp3) is 0. The second-order valence-electron chi connectivity index (χ2n) is 2.61. The molecule has 2 N–H and O–H groups in total. The number of primary sulfonamides is 1. The van der Waals surface area contributed by atoms with Crippen molar-refractivity contribution in [1.82, 2.24) is 15.0 Å². The predicted octanol–water partition coefficient (Wildman–Crippen LogP) is -0.328. The molecular weight excluding hydrogens is 204 g/mol. The summed E-state index contributed by atoms with van der Waals surface area (Å²) in [7, 11) is -3.84. The van der Waals surface area contributed by atoms with Crippen LogP contribution in [0.2, 0.25) is 0 Å². The lowest BCUT2D eigenvalue weighted by Crippen LogP contribution is -2.15. The zero-order valence-corrected chi connectivity index (χ0v) is 7.77. The number of aromatic nitrogens is 3. The molecule has 72 valence electrons. The fourth-order valence-corrected chi connectivity index (χ4v) is 1.41. The zero-order valence-electron chi connectivity index (χ0n) is 6.95. The van der Waals surface area contributed by atoms with Crippen molar-refractivity contribution in [3.8, 4) is 0 Å². The minimum absolute atomic E-state index is 0.391. The number of nitrogens with two attached hydrogens (primary N) is 1. The molecular formula is C7H6N4O2S. The topological polar surface area (TPSA) is 98.8 Å². The van der Waals surface area contributed by atoms with E-state index in [2.05, 4.69) is 15.0 Å². The van der Waals surface area contributed by atoms with Gasteiger partial charge in [0.05, 0.1) is 11.7 Å². The second kappa shape index (κ2) is 2.96. The Bertz CT molecular complexity index is 581. The zero-order chi connectivity index (χ0) is 10.2. The largest absolute Gasteiger partial charge is 0.273 e. The van der Waals surface area contributed by atoms with Gasteiger partial charge in [0.25, 0.3) is 15.2 Å². The van der Waals surface area contributed by atoms with E-state index in [1.54, 1.807) is 18.3 Å². The lowest BCUT2D eigenvalue weighted by Gasteiger charge is -1.97. The van der Waals surface area contributed by atoms with E-state index in [9.17, 15) is 8.42 Å². The molecule has 7 heteroatoms. The molecule has 0 amide bonds. The van der Waals surface area contributed by atoms with Crippen molar-refractivity contribution in [2.24, 2.45) is 5.14 Å². The highest BCUT2D eigenvalue weighted by Crippen LogP contribution is 2.08. The Balaban J connectivity index is 2.75. The van der Waals surface area contributed by atoms with E-state index in [4.69, 9.17) is 5.14 Å². The molecule has 2 aromatic rings. The number of rotatable bonds is 1. The molecule has 6 nitrogen and oxygen atoms in total. The van der Waals surface area contributed by atoms with Crippen LogP contribution in [0.3, 0.4) is 0 Å². The summed E-state index contributed by atoms with van der Waals surface area (Å²) in [5.41, 5.74) is 0.978. The van der Waals surface area contributed by atoms with E-state index < -0.39 is 15.2 Å². The van der Waals surface area contributed by atoms with Crippen molar-refractivity contribution >= 4 is 21.1 Å². The third kappa shape index (κ3) is 1.54. The summed E-state index contributed by atoms with van der Waals surface area (Å²) >= 11 is 0. The molecule has 0 unspecified atom stereocenters. The fourth-order valence-electron chi connectivity index (χ4n) is 0.988. The molecule has 2 heterocycles. The average molecular weight is 210 g/mol. The van der Waals surface area contributed by atoms with Gasteiger partial charge in [0.1, 0.15) is 5.52 Å². The molecule has 0 radical (unpaired) electrons. The van der Waals surface area contributed by atoms with Crippen molar-refractivity contribution in [2.75, 3.05) is 0 Å². The molecule has 2 aromatic heterocycles. The Kier molecular flexibility index (Phi) is 1.90. The van der Waals surface area contributed by atoms with Gasteiger partial charge >= 0.3 is 0 Å². The van der Waals surface area contributed by atoms with Crippen molar-refractivity contribution in [3.63, 3.8) is 0 Å². The molecule has 0 atom stereocenters. The highest BCUT2D eigenvalue weighted by molar-refractivity contribution is 7.89. The number of pyridine rings is 1. The first-order chi connectivity index (χ1) is 6.57. The Morgan fingerprint density at radius 3 is 2.71 bits per heavy atom. The molecule has 0 bridgehead atoms. The van der Waals surface area contributed by atoms with Gasteiger partial charge in [0, 0.05) is 6.20 Å². The first-order valence-electron chi connectivity index (χ1n) is 3.68. The molecule has 0 aromatic carbocycles. The molecule has 0 saturated heterocycles.